The summed E-state index contributed by atoms with van der Waals surface area (Å²) in [5.74, 6) is -0.847. The van der Waals surface area contributed by atoms with Gasteiger partial charge in [0, 0.05) is 6.00 Å². The van der Waals surface area contributed by atoms with Gasteiger partial charge in [0.15, 0.2) is 0 Å². The van der Waals surface area contributed by atoms with Crippen LogP contribution in [0.3, 0.4) is 0 Å². The van der Waals surface area contributed by atoms with E-state index in [2.05, 4.69) is 62.3 Å². The molecule has 12 heteroatoms. The lowest BCUT2D eigenvalue weighted by molar-refractivity contribution is -0.168. The smallest absolute Gasteiger partial charge is 0.306 e. The fourth-order valence-corrected chi connectivity index (χ4v) is 6.88. The summed E-state index contributed by atoms with van der Waals surface area (Å²) in [6.45, 7) is 28.7. The van der Waals surface area contributed by atoms with E-state index in [-0.39, 0.29) is 53.4 Å². The fourth-order valence-electron chi connectivity index (χ4n) is 6.08. The summed E-state index contributed by atoms with van der Waals surface area (Å²) in [4.78, 5) is 26.8. The molecule has 272 valence electrons. The summed E-state index contributed by atoms with van der Waals surface area (Å²) in [6.07, 6.45) is 1.81. The largest absolute Gasteiger partial charge is 0.469 e. The standard InChI is InChI=1S/C35H64B2I2O8/c1-15-31(5,6)17-26(30(37)45-27(40)19-33(9,10)21-32(7,8)16-25(47-39)29(36)42)44-28(41)20-35(13,14)34(11,12)18-24(23(4)46-38)43-22(2)3/h22-26,29-30,42H,15-21H2,1-14H3. The van der Waals surface area contributed by atoms with Crippen molar-refractivity contribution < 1.29 is 35.0 Å². The van der Waals surface area contributed by atoms with E-state index in [0.29, 0.717) is 25.7 Å². The Bertz CT molecular complexity index is 956. The first-order chi connectivity index (χ1) is 21.1. The SMILES string of the molecule is [B]C(O)C(CC(C)(C)CC(C)(C)CC(=O)OC([B])C(CC(C)(C)CC)OC(=O)CC(C)(C)C(C)(C)CC(OC(C)C)C(C)OI)OI. The van der Waals surface area contributed by atoms with Crippen molar-refractivity contribution in [1.82, 2.24) is 0 Å². The van der Waals surface area contributed by atoms with Gasteiger partial charge in [0.05, 0.1) is 43.3 Å². The molecule has 1 N–H and O–H groups in total. The van der Waals surface area contributed by atoms with Gasteiger partial charge in [-0.1, -0.05) is 82.6 Å². The minimum absolute atomic E-state index is 0.0368. The Morgan fingerprint density at radius 3 is 1.64 bits per heavy atom. The molecule has 4 radical (unpaired) electrons. The molecule has 0 aliphatic rings. The molecule has 0 amide bonds. The van der Waals surface area contributed by atoms with E-state index in [1.54, 1.807) is 23.0 Å². The average Bonchev–Trinajstić information content (AvgIpc) is 2.88. The lowest BCUT2D eigenvalue weighted by atomic mass is 9.63. The predicted molar refractivity (Wildman–Crippen MR) is 208 cm³/mol. The molecule has 0 aromatic rings. The van der Waals surface area contributed by atoms with E-state index in [9.17, 15) is 14.7 Å². The highest BCUT2D eigenvalue weighted by molar-refractivity contribution is 14.1. The van der Waals surface area contributed by atoms with Crippen LogP contribution in [0.4, 0.5) is 0 Å². The molecule has 0 saturated heterocycles. The average molecular weight is 888 g/mol. The molecular formula is C35H64B2I2O8. The Labute approximate surface area is 318 Å². The van der Waals surface area contributed by atoms with E-state index in [1.807, 2.05) is 57.6 Å². The van der Waals surface area contributed by atoms with Gasteiger partial charge >= 0.3 is 11.9 Å². The van der Waals surface area contributed by atoms with Crippen LogP contribution in [0.1, 0.15) is 142 Å². The second-order valence-electron chi connectivity index (χ2n) is 17.4. The van der Waals surface area contributed by atoms with Crippen molar-refractivity contribution in [1.29, 1.82) is 0 Å². The number of carbonyl (C=O) groups excluding carboxylic acids is 2. The Morgan fingerprint density at radius 2 is 1.19 bits per heavy atom. The van der Waals surface area contributed by atoms with E-state index in [1.165, 1.54) is 0 Å². The van der Waals surface area contributed by atoms with Crippen LogP contribution in [-0.2, 0) is 29.9 Å². The zero-order chi connectivity index (χ0) is 37.2. The molecule has 0 aromatic heterocycles. The first-order valence-electron chi connectivity index (χ1n) is 16.9. The van der Waals surface area contributed by atoms with Gasteiger partial charge in [-0.25, -0.2) is 0 Å². The Balaban J connectivity index is 5.77. The maximum atomic E-state index is 13.6. The molecule has 0 bridgehead atoms. The van der Waals surface area contributed by atoms with Crippen molar-refractivity contribution in [3.05, 3.63) is 0 Å². The van der Waals surface area contributed by atoms with Gasteiger partial charge in [0.1, 0.15) is 67.8 Å². The van der Waals surface area contributed by atoms with Crippen molar-refractivity contribution in [3.63, 3.8) is 0 Å². The van der Waals surface area contributed by atoms with Crippen LogP contribution in [0.5, 0.6) is 0 Å². The molecular weight excluding hydrogens is 824 g/mol. The Morgan fingerprint density at radius 1 is 0.681 bits per heavy atom. The van der Waals surface area contributed by atoms with E-state index in [0.717, 1.165) is 6.42 Å². The van der Waals surface area contributed by atoms with Gasteiger partial charge in [-0.3, -0.25) is 9.59 Å². The number of rotatable bonds is 23. The second kappa shape index (κ2) is 19.8. The molecule has 0 heterocycles. The molecule has 0 saturated carbocycles. The molecule has 6 unspecified atom stereocenters. The first-order valence-corrected chi connectivity index (χ1v) is 18.7. The number of esters is 2. The Kier molecular flexibility index (Phi) is 20.0. The zero-order valence-electron chi connectivity index (χ0n) is 31.7. The molecule has 47 heavy (non-hydrogen) atoms. The number of hydrogen-bond donors (Lipinski definition) is 1. The Hall–Kier alpha value is 0.370. The summed E-state index contributed by atoms with van der Waals surface area (Å²) in [5, 5.41) is 9.84. The van der Waals surface area contributed by atoms with Gasteiger partial charge < -0.3 is 25.4 Å². The third kappa shape index (κ3) is 17.9. The monoisotopic (exact) mass is 888 g/mol. The third-order valence-corrected chi connectivity index (χ3v) is 11.2. The van der Waals surface area contributed by atoms with Crippen LogP contribution in [-0.4, -0.2) is 75.3 Å². The van der Waals surface area contributed by atoms with Gasteiger partial charge in [-0.2, -0.15) is 0 Å². The lowest BCUT2D eigenvalue weighted by Crippen LogP contribution is -2.43. The van der Waals surface area contributed by atoms with Crippen molar-refractivity contribution in [3.8, 4) is 0 Å². The molecule has 0 fully saturated rings. The van der Waals surface area contributed by atoms with Crippen molar-refractivity contribution in [2.75, 3.05) is 0 Å². The van der Waals surface area contributed by atoms with E-state index >= 15 is 0 Å². The summed E-state index contributed by atoms with van der Waals surface area (Å²) in [6, 6.07) is -2.22. The number of ether oxygens (including phenoxy) is 3. The van der Waals surface area contributed by atoms with Crippen LogP contribution in [0.2, 0.25) is 0 Å². The molecule has 0 aromatic carbocycles. The van der Waals surface area contributed by atoms with E-state index in [4.69, 9.17) is 36.0 Å². The van der Waals surface area contributed by atoms with Gasteiger partial charge in [0.25, 0.3) is 0 Å². The number of hydrogen-bond acceptors (Lipinski definition) is 8. The minimum atomic E-state index is -1.12. The van der Waals surface area contributed by atoms with Crippen LogP contribution in [0.15, 0.2) is 0 Å². The summed E-state index contributed by atoms with van der Waals surface area (Å²) in [5.41, 5.74) is -1.70. The van der Waals surface area contributed by atoms with Gasteiger partial charge in [-0.15, -0.1) is 0 Å². The quantitative estimate of drug-likeness (QED) is 0.0620. The molecule has 8 nitrogen and oxygen atoms in total. The van der Waals surface area contributed by atoms with E-state index < -0.39 is 41.0 Å². The highest BCUT2D eigenvalue weighted by atomic mass is 127. The summed E-state index contributed by atoms with van der Waals surface area (Å²) < 4.78 is 28.9. The predicted octanol–water partition coefficient (Wildman–Crippen LogP) is 8.59. The topological polar surface area (TPSA) is 101 Å². The molecule has 6 atom stereocenters. The van der Waals surface area contributed by atoms with Crippen LogP contribution in [0.25, 0.3) is 0 Å². The lowest BCUT2D eigenvalue weighted by Gasteiger charge is -2.44. The highest BCUT2D eigenvalue weighted by Crippen LogP contribution is 2.46. The minimum Gasteiger partial charge on any atom is -0.469 e. The maximum absolute atomic E-state index is 13.6. The molecule has 0 aliphatic heterocycles. The summed E-state index contributed by atoms with van der Waals surface area (Å²) >= 11 is 3.66. The number of aliphatic hydroxyl groups excluding tert-OH is 1. The van der Waals surface area contributed by atoms with Crippen molar-refractivity contribution in [2.24, 2.45) is 27.1 Å². The van der Waals surface area contributed by atoms with Gasteiger partial charge in [-0.05, 0) is 73.5 Å². The molecule has 0 rings (SSSR count). The van der Waals surface area contributed by atoms with Crippen molar-refractivity contribution in [2.45, 2.75) is 184 Å². The molecule has 0 spiro atoms. The zero-order valence-corrected chi connectivity index (χ0v) is 36.0. The van der Waals surface area contributed by atoms with Gasteiger partial charge in [0.2, 0.25) is 0 Å². The van der Waals surface area contributed by atoms with Crippen molar-refractivity contribution >= 4 is 73.6 Å². The van der Waals surface area contributed by atoms with Crippen LogP contribution >= 0.6 is 46.0 Å². The second-order valence-corrected chi connectivity index (χ2v) is 18.4. The normalized spacial score (nSPS) is 17.5. The molecule has 0 aliphatic carbocycles. The van der Waals surface area contributed by atoms with Crippen LogP contribution < -0.4 is 0 Å². The maximum Gasteiger partial charge on any atom is 0.306 e. The van der Waals surface area contributed by atoms with Crippen LogP contribution in [0, 0.1) is 27.1 Å². The first kappa shape index (κ1) is 47.4. The summed E-state index contributed by atoms with van der Waals surface area (Å²) in [7, 11) is 12.2. The number of halogens is 2. The highest BCUT2D eigenvalue weighted by Gasteiger charge is 2.43. The fraction of sp³-hybridized carbons (Fsp3) is 0.943. The third-order valence-electron chi connectivity index (χ3n) is 9.70. The number of carbonyl (C=O) groups is 2. The number of aliphatic hydroxyl groups is 1.